The minimum Gasteiger partial charge on any atom is -0.497 e. The number of hydrogen-bond donors (Lipinski definition) is 2. The zero-order valence-corrected chi connectivity index (χ0v) is 19.4. The van der Waals surface area contributed by atoms with Crippen LogP contribution in [-0.4, -0.2) is 61.9 Å². The van der Waals surface area contributed by atoms with Gasteiger partial charge in [-0.2, -0.15) is 0 Å². The lowest BCUT2D eigenvalue weighted by Gasteiger charge is -2.35. The van der Waals surface area contributed by atoms with Crippen molar-refractivity contribution in [2.24, 2.45) is 0 Å². The van der Waals surface area contributed by atoms with Gasteiger partial charge in [-0.25, -0.2) is 14.6 Å². The van der Waals surface area contributed by atoms with Gasteiger partial charge in [-0.15, -0.1) is 0 Å². The van der Waals surface area contributed by atoms with Crippen molar-refractivity contribution in [3.05, 3.63) is 65.2 Å². The van der Waals surface area contributed by atoms with Gasteiger partial charge in [-0.05, 0) is 35.9 Å². The molecule has 1 unspecified atom stereocenters. The SMILES string of the molecule is COC(=O)c1ccc(OC)c(NC(=O)N2CCc3[nH]cnc3C2c2cc(OC)cc(OC)c2)c1. The summed E-state index contributed by atoms with van der Waals surface area (Å²) in [6.07, 6.45) is 2.24. The highest BCUT2D eigenvalue weighted by Gasteiger charge is 2.35. The number of anilines is 1. The third-order valence-corrected chi connectivity index (χ3v) is 5.74. The molecule has 1 aliphatic rings. The van der Waals surface area contributed by atoms with Crippen LogP contribution in [0.3, 0.4) is 0 Å². The summed E-state index contributed by atoms with van der Waals surface area (Å²) in [7, 11) is 5.94. The Hall–Kier alpha value is -4.21. The Morgan fingerprint density at radius 2 is 1.76 bits per heavy atom. The van der Waals surface area contributed by atoms with Crippen molar-refractivity contribution >= 4 is 17.7 Å². The van der Waals surface area contributed by atoms with Gasteiger partial charge in [-0.1, -0.05) is 0 Å². The van der Waals surface area contributed by atoms with Crippen molar-refractivity contribution in [1.29, 1.82) is 0 Å². The Bertz CT molecular complexity index is 1190. The summed E-state index contributed by atoms with van der Waals surface area (Å²) < 4.78 is 21.1. The van der Waals surface area contributed by atoms with Crippen molar-refractivity contribution in [2.45, 2.75) is 12.5 Å². The highest BCUT2D eigenvalue weighted by Crippen LogP contribution is 2.37. The van der Waals surface area contributed by atoms with E-state index in [1.807, 2.05) is 12.1 Å². The van der Waals surface area contributed by atoms with Gasteiger partial charge < -0.3 is 34.1 Å². The predicted molar refractivity (Wildman–Crippen MR) is 124 cm³/mol. The van der Waals surface area contributed by atoms with E-state index in [0.29, 0.717) is 41.5 Å². The third-order valence-electron chi connectivity index (χ3n) is 5.74. The van der Waals surface area contributed by atoms with Crippen LogP contribution in [0.25, 0.3) is 0 Å². The van der Waals surface area contributed by atoms with Crippen LogP contribution in [0.4, 0.5) is 10.5 Å². The van der Waals surface area contributed by atoms with E-state index < -0.39 is 12.0 Å². The summed E-state index contributed by atoms with van der Waals surface area (Å²) in [4.78, 5) is 34.9. The van der Waals surface area contributed by atoms with Gasteiger partial charge in [0, 0.05) is 24.7 Å². The highest BCUT2D eigenvalue weighted by atomic mass is 16.5. The predicted octanol–water partition coefficient (Wildman–Crippen LogP) is 3.40. The van der Waals surface area contributed by atoms with E-state index in [-0.39, 0.29) is 6.03 Å². The van der Waals surface area contributed by atoms with Crippen LogP contribution >= 0.6 is 0 Å². The second kappa shape index (κ2) is 9.74. The Morgan fingerprint density at radius 3 is 2.41 bits per heavy atom. The highest BCUT2D eigenvalue weighted by molar-refractivity contribution is 5.95. The number of nitrogens with zero attached hydrogens (tertiary/aromatic N) is 2. The number of fused-ring (bicyclic) bond motifs is 1. The van der Waals surface area contributed by atoms with Crippen LogP contribution in [-0.2, 0) is 11.2 Å². The number of carbonyl (C=O) groups excluding carboxylic acids is 2. The number of carbonyl (C=O) groups is 2. The van der Waals surface area contributed by atoms with Crippen LogP contribution in [0.1, 0.15) is 33.4 Å². The van der Waals surface area contributed by atoms with Crippen molar-refractivity contribution in [1.82, 2.24) is 14.9 Å². The van der Waals surface area contributed by atoms with Crippen molar-refractivity contribution < 1.29 is 28.5 Å². The lowest BCUT2D eigenvalue weighted by Crippen LogP contribution is -2.43. The average molecular weight is 466 g/mol. The van der Waals surface area contributed by atoms with Crippen molar-refractivity contribution in [3.63, 3.8) is 0 Å². The second-order valence-corrected chi connectivity index (χ2v) is 7.60. The van der Waals surface area contributed by atoms with Gasteiger partial charge in [0.05, 0.1) is 51.7 Å². The molecule has 0 bridgehead atoms. The van der Waals surface area contributed by atoms with Crippen molar-refractivity contribution in [3.8, 4) is 17.2 Å². The fraction of sp³-hybridized carbons (Fsp3) is 0.292. The topological polar surface area (TPSA) is 115 Å². The number of nitrogens with one attached hydrogen (secondary N) is 2. The molecular formula is C24H26N4O6. The minimum atomic E-state index is -0.515. The first-order chi connectivity index (χ1) is 16.5. The zero-order valence-electron chi connectivity index (χ0n) is 19.4. The summed E-state index contributed by atoms with van der Waals surface area (Å²) in [6, 6.07) is 9.32. The molecule has 2 amide bonds. The Morgan fingerprint density at radius 1 is 1.03 bits per heavy atom. The van der Waals surface area contributed by atoms with E-state index in [2.05, 4.69) is 15.3 Å². The monoisotopic (exact) mass is 466 g/mol. The average Bonchev–Trinajstić information content (AvgIpc) is 3.36. The largest absolute Gasteiger partial charge is 0.497 e. The zero-order chi connectivity index (χ0) is 24.2. The molecule has 0 saturated heterocycles. The molecular weight excluding hydrogens is 440 g/mol. The van der Waals surface area contributed by atoms with Gasteiger partial charge >= 0.3 is 12.0 Å². The molecule has 1 atom stereocenters. The van der Waals surface area contributed by atoms with Crippen molar-refractivity contribution in [2.75, 3.05) is 40.3 Å². The number of ether oxygens (including phenoxy) is 4. The molecule has 0 radical (unpaired) electrons. The minimum absolute atomic E-state index is 0.293. The van der Waals surface area contributed by atoms with E-state index in [0.717, 1.165) is 17.0 Å². The first kappa shape index (κ1) is 23.0. The molecule has 34 heavy (non-hydrogen) atoms. The van der Waals surface area contributed by atoms with Gasteiger partial charge in [-0.3, -0.25) is 0 Å². The van der Waals surface area contributed by atoms with Crippen LogP contribution in [0, 0.1) is 0 Å². The van der Waals surface area contributed by atoms with Crippen LogP contribution in [0.2, 0.25) is 0 Å². The number of urea groups is 1. The summed E-state index contributed by atoms with van der Waals surface area (Å²) in [5, 5.41) is 2.88. The summed E-state index contributed by atoms with van der Waals surface area (Å²) in [5.74, 6) is 1.10. The maximum atomic E-state index is 13.6. The van der Waals surface area contributed by atoms with E-state index in [9.17, 15) is 9.59 Å². The van der Waals surface area contributed by atoms with E-state index in [1.54, 1.807) is 43.6 Å². The fourth-order valence-electron chi connectivity index (χ4n) is 4.06. The molecule has 1 aromatic heterocycles. The molecule has 10 heteroatoms. The quantitative estimate of drug-likeness (QED) is 0.535. The number of imidazole rings is 1. The molecule has 4 rings (SSSR count). The molecule has 0 aliphatic carbocycles. The van der Waals surface area contributed by atoms with Crippen LogP contribution < -0.4 is 19.5 Å². The number of benzene rings is 2. The number of methoxy groups -OCH3 is 4. The lowest BCUT2D eigenvalue weighted by atomic mass is 9.95. The van der Waals surface area contributed by atoms with Gasteiger partial charge in [0.2, 0.25) is 0 Å². The molecule has 3 aromatic rings. The summed E-state index contributed by atoms with van der Waals surface area (Å²) >= 11 is 0. The summed E-state index contributed by atoms with van der Waals surface area (Å²) in [5.41, 5.74) is 3.13. The van der Waals surface area contributed by atoms with Gasteiger partial charge in [0.25, 0.3) is 0 Å². The molecule has 2 heterocycles. The first-order valence-corrected chi connectivity index (χ1v) is 10.6. The molecule has 0 saturated carbocycles. The lowest BCUT2D eigenvalue weighted by molar-refractivity contribution is 0.0600. The van der Waals surface area contributed by atoms with E-state index in [4.69, 9.17) is 18.9 Å². The molecule has 0 fully saturated rings. The molecule has 0 spiro atoms. The summed E-state index contributed by atoms with van der Waals surface area (Å²) in [6.45, 7) is 0.435. The number of H-pyrrole nitrogens is 1. The number of esters is 1. The second-order valence-electron chi connectivity index (χ2n) is 7.60. The molecule has 2 aromatic carbocycles. The maximum absolute atomic E-state index is 13.6. The Balaban J connectivity index is 1.72. The number of aromatic nitrogens is 2. The standard InChI is InChI=1S/C24H26N4O6/c1-31-16-9-15(10-17(12-16)32-2)22-21-18(25-13-26-21)7-8-28(22)24(30)27-19-11-14(23(29)34-4)5-6-20(19)33-3/h5-6,9-13,22H,7-8H2,1-4H3,(H,25,26)(H,27,30). The van der Waals surface area contributed by atoms with Gasteiger partial charge in [0.1, 0.15) is 23.3 Å². The van der Waals surface area contributed by atoms with E-state index >= 15 is 0 Å². The normalized spacial score (nSPS) is 14.7. The first-order valence-electron chi connectivity index (χ1n) is 10.6. The molecule has 178 valence electrons. The number of rotatable bonds is 6. The van der Waals surface area contributed by atoms with E-state index in [1.165, 1.54) is 20.3 Å². The maximum Gasteiger partial charge on any atom is 0.337 e. The molecule has 2 N–H and O–H groups in total. The smallest absolute Gasteiger partial charge is 0.337 e. The fourth-order valence-corrected chi connectivity index (χ4v) is 4.06. The molecule has 10 nitrogen and oxygen atoms in total. The molecule has 1 aliphatic heterocycles. The number of aromatic amines is 1. The Kier molecular flexibility index (Phi) is 6.58. The Labute approximate surface area is 196 Å². The van der Waals surface area contributed by atoms with Crippen LogP contribution in [0.5, 0.6) is 17.2 Å². The van der Waals surface area contributed by atoms with Gasteiger partial charge in [0.15, 0.2) is 0 Å². The number of amides is 2. The van der Waals surface area contributed by atoms with Crippen LogP contribution in [0.15, 0.2) is 42.7 Å². The third kappa shape index (κ3) is 4.34. The number of hydrogen-bond acceptors (Lipinski definition) is 7.